The molecule has 2 rings (SSSR count). The van der Waals surface area contributed by atoms with Gasteiger partial charge in [-0.3, -0.25) is 9.59 Å². The van der Waals surface area contributed by atoms with Gasteiger partial charge in [0.2, 0.25) is 0 Å². The molecule has 128 valence electrons. The van der Waals surface area contributed by atoms with E-state index in [1.54, 1.807) is 18.2 Å². The second-order valence-corrected chi connectivity index (χ2v) is 5.11. The second-order valence-electron chi connectivity index (χ2n) is 5.11. The molecule has 5 nitrogen and oxygen atoms in total. The lowest BCUT2D eigenvalue weighted by Gasteiger charge is -2.11. The van der Waals surface area contributed by atoms with E-state index in [0.717, 1.165) is 12.1 Å². The van der Waals surface area contributed by atoms with Crippen molar-refractivity contribution in [3.8, 4) is 6.07 Å². The Balaban J connectivity index is 2.10. The van der Waals surface area contributed by atoms with Gasteiger partial charge in [-0.25, -0.2) is 4.98 Å². The number of Topliss-reactive ketones (excluding diaryl/α,β-unsaturated/α-hetero) is 1. The van der Waals surface area contributed by atoms with Crippen molar-refractivity contribution in [2.75, 3.05) is 5.32 Å². The SMILES string of the molecule is N#C[C@H](C(=O)Cc1cccc(C(F)(F)F)c1)C(=O)Nc1ccccn1. The summed E-state index contributed by atoms with van der Waals surface area (Å²) in [6, 6.07) is 10.5. The number of pyridine rings is 1. The van der Waals surface area contributed by atoms with E-state index in [2.05, 4.69) is 10.3 Å². The summed E-state index contributed by atoms with van der Waals surface area (Å²) in [5.74, 6) is -3.15. The van der Waals surface area contributed by atoms with E-state index in [0.29, 0.717) is 0 Å². The molecule has 2 aromatic rings. The maximum absolute atomic E-state index is 12.7. The zero-order chi connectivity index (χ0) is 18.4. The van der Waals surface area contributed by atoms with Crippen molar-refractivity contribution in [1.29, 1.82) is 5.26 Å². The number of carbonyl (C=O) groups is 2. The normalized spacial score (nSPS) is 12.1. The summed E-state index contributed by atoms with van der Waals surface area (Å²) >= 11 is 0. The molecule has 0 fully saturated rings. The van der Waals surface area contributed by atoms with Crippen LogP contribution in [0.4, 0.5) is 19.0 Å². The first-order valence-corrected chi connectivity index (χ1v) is 7.11. The average molecular weight is 347 g/mol. The number of nitrogens with one attached hydrogen (secondary N) is 1. The van der Waals surface area contributed by atoms with E-state index in [1.807, 2.05) is 0 Å². The fourth-order valence-corrected chi connectivity index (χ4v) is 2.07. The van der Waals surface area contributed by atoms with Crippen LogP contribution in [0.3, 0.4) is 0 Å². The van der Waals surface area contributed by atoms with Gasteiger partial charge in [0.05, 0.1) is 11.6 Å². The summed E-state index contributed by atoms with van der Waals surface area (Å²) in [6.45, 7) is 0. The number of aromatic nitrogens is 1. The number of alkyl halides is 3. The van der Waals surface area contributed by atoms with Gasteiger partial charge >= 0.3 is 6.18 Å². The number of nitriles is 1. The van der Waals surface area contributed by atoms with Crippen LogP contribution in [-0.2, 0) is 22.2 Å². The largest absolute Gasteiger partial charge is 0.416 e. The van der Waals surface area contributed by atoms with Gasteiger partial charge in [-0.15, -0.1) is 0 Å². The monoisotopic (exact) mass is 347 g/mol. The first-order valence-electron chi connectivity index (χ1n) is 7.11. The Morgan fingerprint density at radius 3 is 2.56 bits per heavy atom. The van der Waals surface area contributed by atoms with Crippen LogP contribution in [0.1, 0.15) is 11.1 Å². The Hall–Kier alpha value is -3.21. The molecule has 0 saturated carbocycles. The van der Waals surface area contributed by atoms with E-state index in [4.69, 9.17) is 5.26 Å². The maximum atomic E-state index is 12.7. The molecule has 1 N–H and O–H groups in total. The zero-order valence-electron chi connectivity index (χ0n) is 12.7. The highest BCUT2D eigenvalue weighted by atomic mass is 19.4. The van der Waals surface area contributed by atoms with Crippen molar-refractivity contribution in [3.05, 3.63) is 59.8 Å². The Morgan fingerprint density at radius 1 is 1.20 bits per heavy atom. The van der Waals surface area contributed by atoms with Crippen molar-refractivity contribution < 1.29 is 22.8 Å². The Morgan fingerprint density at radius 2 is 1.96 bits per heavy atom. The molecule has 1 aromatic heterocycles. The van der Waals surface area contributed by atoms with E-state index >= 15 is 0 Å². The average Bonchev–Trinajstić information content (AvgIpc) is 2.56. The van der Waals surface area contributed by atoms with E-state index < -0.39 is 35.8 Å². The van der Waals surface area contributed by atoms with Crippen molar-refractivity contribution in [2.24, 2.45) is 5.92 Å². The molecule has 0 aliphatic heterocycles. The molecule has 1 amide bonds. The van der Waals surface area contributed by atoms with Crippen molar-refractivity contribution in [3.63, 3.8) is 0 Å². The number of ketones is 1. The molecule has 0 radical (unpaired) electrons. The van der Waals surface area contributed by atoms with Gasteiger partial charge in [-0.1, -0.05) is 24.3 Å². The minimum Gasteiger partial charge on any atom is -0.309 e. The molecule has 0 spiro atoms. The third-order valence-electron chi connectivity index (χ3n) is 3.26. The van der Waals surface area contributed by atoms with Crippen molar-refractivity contribution in [2.45, 2.75) is 12.6 Å². The summed E-state index contributed by atoms with van der Waals surface area (Å²) in [4.78, 5) is 28.0. The molecule has 0 aliphatic carbocycles. The number of halogens is 3. The molecular formula is C17H12F3N3O2. The van der Waals surface area contributed by atoms with Gasteiger partial charge in [-0.05, 0) is 23.8 Å². The van der Waals surface area contributed by atoms with Crippen LogP contribution in [0.15, 0.2) is 48.7 Å². The zero-order valence-corrected chi connectivity index (χ0v) is 12.7. The molecule has 0 bridgehead atoms. The highest BCUT2D eigenvalue weighted by molar-refractivity contribution is 6.09. The fourth-order valence-electron chi connectivity index (χ4n) is 2.07. The van der Waals surface area contributed by atoms with Gasteiger partial charge < -0.3 is 5.32 Å². The first kappa shape index (κ1) is 18.1. The molecule has 1 heterocycles. The quantitative estimate of drug-likeness (QED) is 0.843. The summed E-state index contributed by atoms with van der Waals surface area (Å²) in [6.07, 6.45) is -3.58. The topological polar surface area (TPSA) is 82.8 Å². The number of benzene rings is 1. The standard InChI is InChI=1S/C17H12F3N3O2/c18-17(19,20)12-5-3-4-11(8-12)9-14(24)13(10-21)16(25)23-15-6-1-2-7-22-15/h1-8,13H,9H2,(H,22,23,25)/t13-/m1/s1. The predicted octanol–water partition coefficient (Wildman–Crippen LogP) is 2.99. The second kappa shape index (κ2) is 7.57. The summed E-state index contributed by atoms with van der Waals surface area (Å²) in [5, 5.41) is 11.4. The van der Waals surface area contributed by atoms with Crippen LogP contribution in [0.25, 0.3) is 0 Å². The van der Waals surface area contributed by atoms with E-state index in [-0.39, 0.29) is 11.4 Å². The smallest absolute Gasteiger partial charge is 0.309 e. The molecule has 8 heteroatoms. The number of amides is 1. The molecule has 25 heavy (non-hydrogen) atoms. The Kier molecular flexibility index (Phi) is 5.49. The van der Waals surface area contributed by atoms with Crippen LogP contribution < -0.4 is 5.32 Å². The molecule has 0 unspecified atom stereocenters. The number of hydrogen-bond acceptors (Lipinski definition) is 4. The summed E-state index contributed by atoms with van der Waals surface area (Å²) < 4.78 is 38.1. The number of nitrogens with zero attached hydrogens (tertiary/aromatic N) is 2. The third kappa shape index (κ3) is 4.88. The van der Waals surface area contributed by atoms with Crippen LogP contribution in [-0.4, -0.2) is 16.7 Å². The molecule has 1 aromatic carbocycles. The van der Waals surface area contributed by atoms with Crippen molar-refractivity contribution >= 4 is 17.5 Å². The van der Waals surface area contributed by atoms with Gasteiger partial charge in [0.1, 0.15) is 5.82 Å². The van der Waals surface area contributed by atoms with Gasteiger partial charge in [0, 0.05) is 12.6 Å². The minimum atomic E-state index is -4.54. The Bertz CT molecular complexity index is 814. The lowest BCUT2D eigenvalue weighted by molar-refractivity contribution is -0.138. The van der Waals surface area contributed by atoms with Crippen LogP contribution in [0, 0.1) is 17.2 Å². The molecule has 0 aliphatic rings. The first-order chi connectivity index (χ1) is 11.8. The maximum Gasteiger partial charge on any atom is 0.416 e. The lowest BCUT2D eigenvalue weighted by atomic mass is 9.97. The number of anilines is 1. The van der Waals surface area contributed by atoms with Crippen molar-refractivity contribution in [1.82, 2.24) is 4.98 Å². The molecule has 1 atom stereocenters. The third-order valence-corrected chi connectivity index (χ3v) is 3.26. The van der Waals surface area contributed by atoms with E-state index in [9.17, 15) is 22.8 Å². The highest BCUT2D eigenvalue weighted by Crippen LogP contribution is 2.29. The predicted molar refractivity (Wildman–Crippen MR) is 82.1 cm³/mol. The molecule has 0 saturated heterocycles. The lowest BCUT2D eigenvalue weighted by Crippen LogP contribution is -2.30. The number of carbonyl (C=O) groups excluding carboxylic acids is 2. The fraction of sp³-hybridized carbons (Fsp3) is 0.176. The molecular weight excluding hydrogens is 335 g/mol. The van der Waals surface area contributed by atoms with Crippen LogP contribution in [0.5, 0.6) is 0 Å². The Labute approximate surface area is 141 Å². The van der Waals surface area contributed by atoms with Gasteiger partial charge in [0.15, 0.2) is 11.7 Å². The number of hydrogen-bond donors (Lipinski definition) is 1. The minimum absolute atomic E-state index is 0.0747. The van der Waals surface area contributed by atoms with Crippen LogP contribution >= 0.6 is 0 Å². The van der Waals surface area contributed by atoms with E-state index in [1.165, 1.54) is 24.4 Å². The number of rotatable bonds is 5. The highest BCUT2D eigenvalue weighted by Gasteiger charge is 2.31. The van der Waals surface area contributed by atoms with Gasteiger partial charge in [-0.2, -0.15) is 18.4 Å². The summed E-state index contributed by atoms with van der Waals surface area (Å²) in [7, 11) is 0. The summed E-state index contributed by atoms with van der Waals surface area (Å²) in [5.41, 5.74) is -0.824. The van der Waals surface area contributed by atoms with Crippen LogP contribution in [0.2, 0.25) is 0 Å². The van der Waals surface area contributed by atoms with Gasteiger partial charge in [0.25, 0.3) is 5.91 Å².